The van der Waals surface area contributed by atoms with Crippen molar-refractivity contribution >= 4 is 15.9 Å². The van der Waals surface area contributed by atoms with Crippen LogP contribution in [-0.2, 0) is 14.8 Å². The van der Waals surface area contributed by atoms with Crippen LogP contribution >= 0.6 is 0 Å². The number of hydrogen-bond acceptors (Lipinski definition) is 4. The lowest BCUT2D eigenvalue weighted by Gasteiger charge is -2.33. The van der Waals surface area contributed by atoms with E-state index in [1.54, 1.807) is 24.3 Å². The summed E-state index contributed by atoms with van der Waals surface area (Å²) in [4.78, 5) is 13.2. The van der Waals surface area contributed by atoms with Gasteiger partial charge in [0.05, 0.1) is 4.90 Å². The lowest BCUT2D eigenvalue weighted by molar-refractivity contribution is -0.118. The van der Waals surface area contributed by atoms with E-state index in [0.29, 0.717) is 44.0 Å². The Bertz CT molecular complexity index is 590. The molecule has 1 heterocycles. The molecule has 1 aliphatic rings. The van der Waals surface area contributed by atoms with E-state index in [1.807, 2.05) is 6.92 Å². The molecule has 2 N–H and O–H groups in total. The van der Waals surface area contributed by atoms with E-state index >= 15 is 0 Å². The molecule has 0 saturated carbocycles. The van der Waals surface area contributed by atoms with Gasteiger partial charge in [-0.2, -0.15) is 4.31 Å². The molecule has 1 fully saturated rings. The molecule has 0 aromatic heterocycles. The molecule has 1 aliphatic heterocycles. The average molecular weight is 311 g/mol. The van der Waals surface area contributed by atoms with Gasteiger partial charge in [-0.25, -0.2) is 8.42 Å². The fourth-order valence-corrected chi connectivity index (χ4v) is 3.74. The van der Waals surface area contributed by atoms with Gasteiger partial charge in [0.1, 0.15) is 0 Å². The molecule has 0 bridgehead atoms. The second kappa shape index (κ2) is 6.55. The molecule has 116 valence electrons. The lowest BCUT2D eigenvalue weighted by atomic mass is 10.2. The van der Waals surface area contributed by atoms with E-state index in [0.717, 1.165) is 5.56 Å². The normalized spacial score (nSPS) is 17.8. The smallest absolute Gasteiger partial charge is 0.243 e. The second-order valence-electron chi connectivity index (χ2n) is 5.28. The lowest BCUT2D eigenvalue weighted by Crippen LogP contribution is -2.49. The summed E-state index contributed by atoms with van der Waals surface area (Å²) >= 11 is 0. The Hall–Kier alpha value is -1.44. The maximum atomic E-state index is 12.5. The van der Waals surface area contributed by atoms with Crippen molar-refractivity contribution in [2.24, 2.45) is 5.73 Å². The highest BCUT2D eigenvalue weighted by atomic mass is 32.2. The third-order valence-electron chi connectivity index (χ3n) is 3.66. The van der Waals surface area contributed by atoms with Crippen molar-refractivity contribution in [3.63, 3.8) is 0 Å². The minimum Gasteiger partial charge on any atom is -0.370 e. The van der Waals surface area contributed by atoms with E-state index in [4.69, 9.17) is 5.73 Å². The summed E-state index contributed by atoms with van der Waals surface area (Å²) < 4.78 is 26.5. The van der Waals surface area contributed by atoms with E-state index in [-0.39, 0.29) is 5.91 Å². The number of nitrogens with zero attached hydrogens (tertiary/aromatic N) is 2. The number of hydrogen-bond donors (Lipinski definition) is 1. The predicted molar refractivity (Wildman–Crippen MR) is 80.2 cm³/mol. The third-order valence-corrected chi connectivity index (χ3v) is 5.58. The molecule has 1 saturated heterocycles. The molecule has 0 aliphatic carbocycles. The Kier molecular flexibility index (Phi) is 4.97. The molecule has 0 unspecified atom stereocenters. The van der Waals surface area contributed by atoms with Gasteiger partial charge >= 0.3 is 0 Å². The number of piperazine rings is 1. The highest BCUT2D eigenvalue weighted by molar-refractivity contribution is 7.89. The first-order valence-corrected chi connectivity index (χ1v) is 8.41. The van der Waals surface area contributed by atoms with Crippen LogP contribution in [0.1, 0.15) is 12.0 Å². The maximum absolute atomic E-state index is 12.5. The zero-order valence-electron chi connectivity index (χ0n) is 12.2. The van der Waals surface area contributed by atoms with Crippen molar-refractivity contribution in [2.75, 3.05) is 32.7 Å². The van der Waals surface area contributed by atoms with Crippen molar-refractivity contribution in [2.45, 2.75) is 18.2 Å². The molecular formula is C14H21N3O3S. The predicted octanol–water partition coefficient (Wildman–Crippen LogP) is 0.177. The van der Waals surface area contributed by atoms with E-state index in [9.17, 15) is 13.2 Å². The van der Waals surface area contributed by atoms with Crippen LogP contribution in [0.3, 0.4) is 0 Å². The molecule has 2 rings (SSSR count). The summed E-state index contributed by atoms with van der Waals surface area (Å²) in [6.45, 7) is 4.64. The summed E-state index contributed by atoms with van der Waals surface area (Å²) in [5, 5.41) is 0. The minimum absolute atomic E-state index is 0.310. The Balaban J connectivity index is 1.97. The van der Waals surface area contributed by atoms with Gasteiger partial charge in [-0.3, -0.25) is 4.79 Å². The van der Waals surface area contributed by atoms with Crippen molar-refractivity contribution in [1.82, 2.24) is 9.21 Å². The first kappa shape index (κ1) is 15.9. The Morgan fingerprint density at radius 2 is 1.71 bits per heavy atom. The largest absolute Gasteiger partial charge is 0.370 e. The molecule has 1 aromatic carbocycles. The molecule has 6 nitrogen and oxygen atoms in total. The van der Waals surface area contributed by atoms with Gasteiger partial charge in [0, 0.05) is 39.1 Å². The number of carbonyl (C=O) groups excluding carboxylic acids is 1. The number of amides is 1. The van der Waals surface area contributed by atoms with E-state index in [2.05, 4.69) is 4.90 Å². The average Bonchev–Trinajstić information content (AvgIpc) is 2.46. The zero-order chi connectivity index (χ0) is 15.5. The summed E-state index contributed by atoms with van der Waals surface area (Å²) in [5.74, 6) is -0.329. The number of aryl methyl sites for hydroxylation is 1. The molecule has 21 heavy (non-hydrogen) atoms. The SMILES string of the molecule is Cc1ccc(S(=O)(=O)N2CCN(CCC(N)=O)CC2)cc1. The van der Waals surface area contributed by atoms with Crippen molar-refractivity contribution in [1.29, 1.82) is 0 Å². The standard InChI is InChI=1S/C14H21N3O3S/c1-12-2-4-13(5-3-12)21(19,20)17-10-8-16(9-11-17)7-6-14(15)18/h2-5H,6-11H2,1H3,(H2,15,18). The number of rotatable bonds is 5. The number of benzene rings is 1. The number of nitrogens with two attached hydrogens (primary N) is 1. The van der Waals surface area contributed by atoms with Gasteiger partial charge < -0.3 is 10.6 Å². The summed E-state index contributed by atoms with van der Waals surface area (Å²) in [6, 6.07) is 6.89. The highest BCUT2D eigenvalue weighted by Crippen LogP contribution is 2.18. The Morgan fingerprint density at radius 3 is 2.24 bits per heavy atom. The summed E-state index contributed by atoms with van der Waals surface area (Å²) in [7, 11) is -3.42. The molecule has 0 atom stereocenters. The van der Waals surface area contributed by atoms with Crippen LogP contribution in [0.5, 0.6) is 0 Å². The molecule has 7 heteroatoms. The van der Waals surface area contributed by atoms with Crippen molar-refractivity contribution < 1.29 is 13.2 Å². The van der Waals surface area contributed by atoms with Gasteiger partial charge in [-0.1, -0.05) is 17.7 Å². The Morgan fingerprint density at radius 1 is 1.14 bits per heavy atom. The molecular weight excluding hydrogens is 290 g/mol. The molecule has 1 amide bonds. The van der Waals surface area contributed by atoms with E-state index < -0.39 is 10.0 Å². The fraction of sp³-hybridized carbons (Fsp3) is 0.500. The summed E-state index contributed by atoms with van der Waals surface area (Å²) in [5.41, 5.74) is 6.16. The number of carbonyl (C=O) groups is 1. The van der Waals surface area contributed by atoms with Crippen LogP contribution in [0.15, 0.2) is 29.2 Å². The zero-order valence-corrected chi connectivity index (χ0v) is 13.0. The first-order valence-electron chi connectivity index (χ1n) is 6.97. The van der Waals surface area contributed by atoms with Gasteiger partial charge in [0.2, 0.25) is 15.9 Å². The van der Waals surface area contributed by atoms with Crippen LogP contribution in [0.2, 0.25) is 0 Å². The molecule has 1 aromatic rings. The van der Waals surface area contributed by atoms with Crippen LogP contribution in [-0.4, -0.2) is 56.3 Å². The van der Waals surface area contributed by atoms with Crippen LogP contribution in [0.25, 0.3) is 0 Å². The first-order chi connectivity index (χ1) is 9.89. The van der Waals surface area contributed by atoms with Gasteiger partial charge in [-0.05, 0) is 19.1 Å². The maximum Gasteiger partial charge on any atom is 0.243 e. The molecule has 0 spiro atoms. The van der Waals surface area contributed by atoms with Crippen molar-refractivity contribution in [3.05, 3.63) is 29.8 Å². The van der Waals surface area contributed by atoms with E-state index in [1.165, 1.54) is 4.31 Å². The monoisotopic (exact) mass is 311 g/mol. The third kappa shape index (κ3) is 4.03. The second-order valence-corrected chi connectivity index (χ2v) is 7.21. The van der Waals surface area contributed by atoms with Crippen molar-refractivity contribution in [3.8, 4) is 0 Å². The van der Waals surface area contributed by atoms with Crippen LogP contribution < -0.4 is 5.73 Å². The highest BCUT2D eigenvalue weighted by Gasteiger charge is 2.28. The van der Waals surface area contributed by atoms with Crippen LogP contribution in [0.4, 0.5) is 0 Å². The minimum atomic E-state index is -3.42. The quantitative estimate of drug-likeness (QED) is 0.840. The van der Waals surface area contributed by atoms with Gasteiger partial charge in [-0.15, -0.1) is 0 Å². The van der Waals surface area contributed by atoms with Gasteiger partial charge in [0.15, 0.2) is 0 Å². The topological polar surface area (TPSA) is 83.7 Å². The Labute approximate surface area is 125 Å². The summed E-state index contributed by atoms with van der Waals surface area (Å²) in [6.07, 6.45) is 0.310. The number of primary amides is 1. The number of sulfonamides is 1. The van der Waals surface area contributed by atoms with Gasteiger partial charge in [0.25, 0.3) is 0 Å². The molecule has 0 radical (unpaired) electrons. The van der Waals surface area contributed by atoms with Crippen LogP contribution in [0, 0.1) is 6.92 Å². The fourth-order valence-electron chi connectivity index (χ4n) is 2.32.